The van der Waals surface area contributed by atoms with Gasteiger partial charge in [0.1, 0.15) is 0 Å². The minimum Gasteiger partial charge on any atom is -0.289 e. The monoisotopic (exact) mass is 250 g/mol. The van der Waals surface area contributed by atoms with Gasteiger partial charge in [0.05, 0.1) is 0 Å². The minimum atomic E-state index is 0.111. The second kappa shape index (κ2) is 6.14. The summed E-state index contributed by atoms with van der Waals surface area (Å²) >= 11 is 0. The fourth-order valence-electron chi connectivity index (χ4n) is 1.98. The molecule has 0 radical (unpaired) electrons. The summed E-state index contributed by atoms with van der Waals surface area (Å²) < 4.78 is 0. The second-order valence-corrected chi connectivity index (χ2v) is 4.86. The van der Waals surface area contributed by atoms with Crippen LogP contribution in [0.3, 0.4) is 0 Å². The molecule has 19 heavy (non-hydrogen) atoms. The normalized spacial score (nSPS) is 11.6. The molecule has 96 valence electrons. The van der Waals surface area contributed by atoms with Gasteiger partial charge in [-0.1, -0.05) is 74.5 Å². The van der Waals surface area contributed by atoms with Crippen LogP contribution in [0.1, 0.15) is 29.8 Å². The Kier molecular flexibility index (Phi) is 4.30. The standard InChI is InChI=1S/C18H18O/c1-14(2)17(13-15-9-5-3-6-10-15)18(19)16-11-7-4-8-12-16/h3-14H,1-2H3. The van der Waals surface area contributed by atoms with Crippen LogP contribution in [0.2, 0.25) is 0 Å². The zero-order valence-corrected chi connectivity index (χ0v) is 11.3. The van der Waals surface area contributed by atoms with Gasteiger partial charge in [-0.25, -0.2) is 0 Å². The Hall–Kier alpha value is -2.15. The highest BCUT2D eigenvalue weighted by Gasteiger charge is 2.15. The lowest BCUT2D eigenvalue weighted by Crippen LogP contribution is -2.08. The highest BCUT2D eigenvalue weighted by Crippen LogP contribution is 2.19. The number of carbonyl (C=O) groups excluding carboxylic acids is 1. The Labute approximate surface area is 114 Å². The molecule has 0 atom stereocenters. The number of hydrogen-bond donors (Lipinski definition) is 0. The number of hydrogen-bond acceptors (Lipinski definition) is 1. The van der Waals surface area contributed by atoms with Gasteiger partial charge in [0, 0.05) is 11.1 Å². The average Bonchev–Trinajstić information content (AvgIpc) is 2.46. The van der Waals surface area contributed by atoms with Gasteiger partial charge >= 0.3 is 0 Å². The van der Waals surface area contributed by atoms with E-state index in [1.165, 1.54) is 0 Å². The fourth-order valence-corrected chi connectivity index (χ4v) is 1.98. The smallest absolute Gasteiger partial charge is 0.189 e. The topological polar surface area (TPSA) is 17.1 Å². The number of rotatable bonds is 4. The van der Waals surface area contributed by atoms with Gasteiger partial charge in [-0.05, 0) is 17.6 Å². The second-order valence-electron chi connectivity index (χ2n) is 4.86. The molecule has 0 spiro atoms. The Morgan fingerprint density at radius 3 is 1.95 bits per heavy atom. The van der Waals surface area contributed by atoms with Gasteiger partial charge in [0.25, 0.3) is 0 Å². The molecular formula is C18H18O. The zero-order valence-electron chi connectivity index (χ0n) is 11.3. The molecule has 0 fully saturated rings. The molecule has 1 heteroatoms. The maximum absolute atomic E-state index is 12.5. The van der Waals surface area contributed by atoms with Crippen LogP contribution in [0.15, 0.2) is 66.2 Å². The largest absolute Gasteiger partial charge is 0.289 e. The SMILES string of the molecule is CC(C)C(=Cc1ccccc1)C(=O)c1ccccc1. The van der Waals surface area contributed by atoms with Crippen molar-refractivity contribution in [2.75, 3.05) is 0 Å². The zero-order chi connectivity index (χ0) is 13.7. The first-order valence-electron chi connectivity index (χ1n) is 6.55. The van der Waals surface area contributed by atoms with Gasteiger partial charge in [-0.15, -0.1) is 0 Å². The van der Waals surface area contributed by atoms with Gasteiger partial charge < -0.3 is 0 Å². The molecule has 0 bridgehead atoms. The van der Waals surface area contributed by atoms with E-state index in [0.717, 1.165) is 16.7 Å². The van der Waals surface area contributed by atoms with Crippen molar-refractivity contribution in [2.24, 2.45) is 5.92 Å². The molecule has 1 nitrogen and oxygen atoms in total. The van der Waals surface area contributed by atoms with Crippen molar-refractivity contribution < 1.29 is 4.79 Å². The molecule has 0 N–H and O–H groups in total. The molecule has 2 rings (SSSR count). The Morgan fingerprint density at radius 1 is 0.895 bits per heavy atom. The van der Waals surface area contributed by atoms with Gasteiger partial charge in [-0.3, -0.25) is 4.79 Å². The minimum absolute atomic E-state index is 0.111. The molecule has 0 saturated heterocycles. The molecule has 2 aromatic carbocycles. The summed E-state index contributed by atoms with van der Waals surface area (Å²) in [6, 6.07) is 19.4. The third kappa shape index (κ3) is 3.41. The molecule has 0 aliphatic carbocycles. The number of benzene rings is 2. The first-order valence-corrected chi connectivity index (χ1v) is 6.55. The van der Waals surface area contributed by atoms with E-state index < -0.39 is 0 Å². The first kappa shape index (κ1) is 13.3. The van der Waals surface area contributed by atoms with E-state index in [2.05, 4.69) is 13.8 Å². The van der Waals surface area contributed by atoms with Crippen molar-refractivity contribution in [3.8, 4) is 0 Å². The van der Waals surface area contributed by atoms with Crippen LogP contribution >= 0.6 is 0 Å². The van der Waals surface area contributed by atoms with E-state index in [1.807, 2.05) is 66.7 Å². The number of ketones is 1. The summed E-state index contributed by atoms with van der Waals surface area (Å²) in [4.78, 5) is 12.5. The lowest BCUT2D eigenvalue weighted by molar-refractivity contribution is 0.102. The first-order chi connectivity index (χ1) is 9.18. The third-order valence-electron chi connectivity index (χ3n) is 3.04. The molecule has 0 aliphatic rings. The Bertz CT molecular complexity index is 565. The Balaban J connectivity index is 2.37. The summed E-state index contributed by atoms with van der Waals surface area (Å²) in [5, 5.41) is 0. The lowest BCUT2D eigenvalue weighted by atomic mass is 9.92. The van der Waals surface area contributed by atoms with E-state index in [-0.39, 0.29) is 11.7 Å². The van der Waals surface area contributed by atoms with Crippen molar-refractivity contribution in [1.29, 1.82) is 0 Å². The third-order valence-corrected chi connectivity index (χ3v) is 3.04. The summed E-state index contributed by atoms with van der Waals surface area (Å²) in [5.41, 5.74) is 2.66. The van der Waals surface area contributed by atoms with Crippen molar-refractivity contribution >= 4 is 11.9 Å². The summed E-state index contributed by atoms with van der Waals surface area (Å²) in [7, 11) is 0. The summed E-state index contributed by atoms with van der Waals surface area (Å²) in [6.45, 7) is 4.10. The van der Waals surface area contributed by atoms with Crippen molar-refractivity contribution in [3.05, 3.63) is 77.4 Å². The quantitative estimate of drug-likeness (QED) is 0.572. The maximum atomic E-state index is 12.5. The van der Waals surface area contributed by atoms with Crippen LogP contribution < -0.4 is 0 Å². The molecule has 2 aromatic rings. The molecule has 0 heterocycles. The predicted octanol–water partition coefficient (Wildman–Crippen LogP) is 4.61. The van der Waals surface area contributed by atoms with E-state index in [1.54, 1.807) is 0 Å². The fraction of sp³-hybridized carbons (Fsp3) is 0.167. The van der Waals surface area contributed by atoms with E-state index in [9.17, 15) is 4.79 Å². The molecule has 0 aliphatic heterocycles. The van der Waals surface area contributed by atoms with E-state index in [4.69, 9.17) is 0 Å². The van der Waals surface area contributed by atoms with Crippen LogP contribution in [0.5, 0.6) is 0 Å². The van der Waals surface area contributed by atoms with Crippen molar-refractivity contribution in [2.45, 2.75) is 13.8 Å². The lowest BCUT2D eigenvalue weighted by Gasteiger charge is -2.10. The van der Waals surface area contributed by atoms with Crippen LogP contribution in [-0.2, 0) is 0 Å². The highest BCUT2D eigenvalue weighted by atomic mass is 16.1. The van der Waals surface area contributed by atoms with Crippen LogP contribution in [0.4, 0.5) is 0 Å². The highest BCUT2D eigenvalue weighted by molar-refractivity contribution is 6.11. The van der Waals surface area contributed by atoms with E-state index >= 15 is 0 Å². The van der Waals surface area contributed by atoms with Crippen LogP contribution in [-0.4, -0.2) is 5.78 Å². The maximum Gasteiger partial charge on any atom is 0.189 e. The number of allylic oxidation sites excluding steroid dienone is 1. The number of Topliss-reactive ketones (excluding diaryl/α,β-unsaturated/α-hetero) is 1. The molecule has 0 saturated carbocycles. The van der Waals surface area contributed by atoms with Crippen molar-refractivity contribution in [1.82, 2.24) is 0 Å². The number of carbonyl (C=O) groups is 1. The van der Waals surface area contributed by atoms with Crippen molar-refractivity contribution in [3.63, 3.8) is 0 Å². The summed E-state index contributed by atoms with van der Waals surface area (Å²) in [6.07, 6.45) is 1.99. The van der Waals surface area contributed by atoms with Crippen LogP contribution in [0.25, 0.3) is 6.08 Å². The van der Waals surface area contributed by atoms with Gasteiger partial charge in [0.15, 0.2) is 5.78 Å². The Morgan fingerprint density at radius 2 is 1.42 bits per heavy atom. The van der Waals surface area contributed by atoms with E-state index in [0.29, 0.717) is 0 Å². The molecule has 0 unspecified atom stereocenters. The molecule has 0 amide bonds. The average molecular weight is 250 g/mol. The van der Waals surface area contributed by atoms with Gasteiger partial charge in [-0.2, -0.15) is 0 Å². The van der Waals surface area contributed by atoms with Crippen LogP contribution in [0, 0.1) is 5.92 Å². The van der Waals surface area contributed by atoms with Gasteiger partial charge in [0.2, 0.25) is 0 Å². The predicted molar refractivity (Wildman–Crippen MR) is 80.0 cm³/mol. The molecular weight excluding hydrogens is 232 g/mol. The summed E-state index contributed by atoms with van der Waals surface area (Å²) in [5.74, 6) is 0.312. The molecule has 0 aromatic heterocycles.